The summed E-state index contributed by atoms with van der Waals surface area (Å²) >= 11 is 0. The number of carbonyl (C=O) groups is 1. The second kappa shape index (κ2) is 11.4. The van der Waals surface area contributed by atoms with Gasteiger partial charge in [-0.1, -0.05) is 42.5 Å². The molecule has 0 aromatic heterocycles. The second-order valence-electron chi connectivity index (χ2n) is 12.4. The van der Waals surface area contributed by atoms with Gasteiger partial charge in [-0.2, -0.15) is 13.2 Å². The van der Waals surface area contributed by atoms with Crippen LogP contribution in [0.3, 0.4) is 0 Å². The van der Waals surface area contributed by atoms with Crippen molar-refractivity contribution in [3.63, 3.8) is 0 Å². The molecule has 3 fully saturated rings. The Morgan fingerprint density at radius 2 is 1.81 bits per heavy atom. The van der Waals surface area contributed by atoms with E-state index in [9.17, 15) is 26.7 Å². The van der Waals surface area contributed by atoms with Crippen LogP contribution in [0.5, 0.6) is 5.75 Å². The van der Waals surface area contributed by atoms with E-state index in [0.717, 1.165) is 18.4 Å². The lowest BCUT2D eigenvalue weighted by atomic mass is 9.68. The van der Waals surface area contributed by atoms with Crippen LogP contribution in [0.1, 0.15) is 61.1 Å². The van der Waals surface area contributed by atoms with Gasteiger partial charge in [0.25, 0.3) is 0 Å². The van der Waals surface area contributed by atoms with Crippen molar-refractivity contribution in [1.82, 2.24) is 10.2 Å². The largest absolute Gasteiger partial charge is 0.484 e. The first-order valence-electron chi connectivity index (χ1n) is 14.9. The summed E-state index contributed by atoms with van der Waals surface area (Å²) in [6, 6.07) is 15.1. The molecule has 4 unspecified atom stereocenters. The number of fused-ring (bicyclic) bond motifs is 2. The standard InChI is InChI=1S/C32H37F5N2O3/c33-31(34)12-9-22(10-13-31)27-15-23(21-5-2-1-3-6-21)11-14-39(27)29(40)26-16-38-18-30(26)19-41-17-24-25(30)7-4-8-28(24)42-20-32(35,36)37/h1-8,22-23,26-27,38H,9-20H2. The molecule has 228 valence electrons. The van der Waals surface area contributed by atoms with E-state index in [1.807, 2.05) is 29.2 Å². The first kappa shape index (κ1) is 29.4. The number of nitrogens with one attached hydrogen (secondary N) is 1. The van der Waals surface area contributed by atoms with Crippen LogP contribution < -0.4 is 10.1 Å². The third kappa shape index (κ3) is 5.76. The highest BCUT2D eigenvalue weighted by Crippen LogP contribution is 2.47. The van der Waals surface area contributed by atoms with E-state index < -0.39 is 30.0 Å². The van der Waals surface area contributed by atoms with Gasteiger partial charge in [-0.15, -0.1) is 0 Å². The minimum atomic E-state index is -4.48. The number of carbonyl (C=O) groups excluding carboxylic acids is 1. The Balaban J connectivity index is 1.29. The Hall–Kier alpha value is -2.72. The molecule has 4 atom stereocenters. The van der Waals surface area contributed by atoms with Crippen LogP contribution >= 0.6 is 0 Å². The highest BCUT2D eigenvalue weighted by atomic mass is 19.4. The number of halogens is 5. The van der Waals surface area contributed by atoms with Crippen LogP contribution in [0.4, 0.5) is 22.0 Å². The molecule has 5 nitrogen and oxygen atoms in total. The molecule has 2 aromatic rings. The predicted molar refractivity (Wildman–Crippen MR) is 147 cm³/mol. The van der Waals surface area contributed by atoms with Gasteiger partial charge < -0.3 is 19.7 Å². The number of rotatable bonds is 5. The summed E-state index contributed by atoms with van der Waals surface area (Å²) in [5.74, 6) is -2.85. The summed E-state index contributed by atoms with van der Waals surface area (Å²) in [4.78, 5) is 16.5. The van der Waals surface area contributed by atoms with E-state index in [1.165, 1.54) is 11.6 Å². The summed E-state index contributed by atoms with van der Waals surface area (Å²) < 4.78 is 78.3. The molecule has 10 heteroatoms. The van der Waals surface area contributed by atoms with Gasteiger partial charge >= 0.3 is 6.18 Å². The van der Waals surface area contributed by atoms with Crippen LogP contribution in [0.25, 0.3) is 0 Å². The first-order valence-corrected chi connectivity index (χ1v) is 14.9. The SMILES string of the molecule is O=C(C1CNCC12COCc1c(OCC(F)(F)F)cccc12)N1CCC(c2ccccc2)CC1C1CCC(F)(F)CC1. The molecule has 0 radical (unpaired) electrons. The zero-order chi connectivity index (χ0) is 29.5. The molecule has 1 N–H and O–H groups in total. The maximum atomic E-state index is 14.6. The van der Waals surface area contributed by atoms with E-state index in [4.69, 9.17) is 9.47 Å². The van der Waals surface area contributed by atoms with Gasteiger partial charge in [0, 0.05) is 49.5 Å². The molecule has 1 aliphatic carbocycles. The average Bonchev–Trinajstić information content (AvgIpc) is 3.39. The number of hydrogen-bond donors (Lipinski definition) is 1. The van der Waals surface area contributed by atoms with Crippen LogP contribution in [0.15, 0.2) is 48.5 Å². The van der Waals surface area contributed by atoms with Crippen molar-refractivity contribution in [2.24, 2.45) is 11.8 Å². The molecule has 1 spiro atoms. The van der Waals surface area contributed by atoms with Crippen molar-refractivity contribution < 1.29 is 36.2 Å². The second-order valence-corrected chi connectivity index (χ2v) is 12.4. The number of benzene rings is 2. The third-order valence-electron chi connectivity index (χ3n) is 9.93. The molecule has 42 heavy (non-hydrogen) atoms. The zero-order valence-corrected chi connectivity index (χ0v) is 23.5. The van der Waals surface area contributed by atoms with Crippen LogP contribution in [0, 0.1) is 11.8 Å². The quantitative estimate of drug-likeness (QED) is 0.420. The summed E-state index contributed by atoms with van der Waals surface area (Å²) in [6.07, 6.45) is -2.54. The molecule has 1 saturated carbocycles. The predicted octanol–water partition coefficient (Wildman–Crippen LogP) is 6.22. The van der Waals surface area contributed by atoms with Gasteiger partial charge in [-0.05, 0) is 54.7 Å². The van der Waals surface area contributed by atoms with Gasteiger partial charge in [-0.3, -0.25) is 4.79 Å². The van der Waals surface area contributed by atoms with Crippen LogP contribution in [0.2, 0.25) is 0 Å². The molecule has 1 amide bonds. The van der Waals surface area contributed by atoms with Crippen LogP contribution in [-0.2, 0) is 21.6 Å². The fourth-order valence-electron chi connectivity index (χ4n) is 7.80. The number of likely N-dealkylation sites (tertiary alicyclic amines) is 1. The molecule has 6 rings (SSSR count). The van der Waals surface area contributed by atoms with Gasteiger partial charge in [0.05, 0.1) is 19.1 Å². The number of piperidine rings is 1. The smallest absolute Gasteiger partial charge is 0.422 e. The summed E-state index contributed by atoms with van der Waals surface area (Å²) in [6.45, 7) is 0.337. The van der Waals surface area contributed by atoms with E-state index in [-0.39, 0.29) is 55.6 Å². The lowest BCUT2D eigenvalue weighted by molar-refractivity contribution is -0.153. The Kier molecular flexibility index (Phi) is 7.98. The first-order chi connectivity index (χ1) is 20.1. The van der Waals surface area contributed by atoms with E-state index >= 15 is 0 Å². The normalized spacial score (nSPS) is 29.8. The van der Waals surface area contributed by atoms with Crippen molar-refractivity contribution in [3.8, 4) is 5.75 Å². The molecule has 3 heterocycles. The van der Waals surface area contributed by atoms with Gasteiger partial charge in [0.1, 0.15) is 5.75 Å². The molecule has 2 saturated heterocycles. The number of amides is 1. The van der Waals surface area contributed by atoms with Gasteiger partial charge in [0.2, 0.25) is 11.8 Å². The lowest BCUT2D eigenvalue weighted by Gasteiger charge is -2.48. The van der Waals surface area contributed by atoms with E-state index in [2.05, 4.69) is 17.4 Å². The molecule has 3 aliphatic heterocycles. The fourth-order valence-corrected chi connectivity index (χ4v) is 7.80. The van der Waals surface area contributed by atoms with E-state index in [0.29, 0.717) is 38.0 Å². The zero-order valence-electron chi connectivity index (χ0n) is 23.5. The summed E-state index contributed by atoms with van der Waals surface area (Å²) in [5, 5.41) is 3.36. The molecule has 2 aromatic carbocycles. The number of nitrogens with zero attached hydrogens (tertiary/aromatic N) is 1. The minimum absolute atomic E-state index is 0.0114. The van der Waals surface area contributed by atoms with Crippen molar-refractivity contribution in [2.45, 2.75) is 74.6 Å². The molecule has 4 aliphatic rings. The highest BCUT2D eigenvalue weighted by molar-refractivity contribution is 5.82. The van der Waals surface area contributed by atoms with Gasteiger partial charge in [-0.25, -0.2) is 8.78 Å². The van der Waals surface area contributed by atoms with Crippen molar-refractivity contribution in [1.29, 1.82) is 0 Å². The average molecular weight is 593 g/mol. The Morgan fingerprint density at radius 1 is 1.05 bits per heavy atom. The fraction of sp³-hybridized carbons (Fsp3) is 0.594. The Morgan fingerprint density at radius 3 is 2.55 bits per heavy atom. The minimum Gasteiger partial charge on any atom is -0.484 e. The maximum absolute atomic E-state index is 14.6. The Bertz CT molecular complexity index is 1260. The lowest BCUT2D eigenvalue weighted by Crippen LogP contribution is -2.56. The van der Waals surface area contributed by atoms with E-state index in [1.54, 1.807) is 6.07 Å². The molecular weight excluding hydrogens is 555 g/mol. The monoisotopic (exact) mass is 592 g/mol. The van der Waals surface area contributed by atoms with Crippen molar-refractivity contribution in [2.75, 3.05) is 32.8 Å². The maximum Gasteiger partial charge on any atom is 0.422 e. The number of hydrogen-bond acceptors (Lipinski definition) is 4. The highest BCUT2D eigenvalue weighted by Gasteiger charge is 2.54. The van der Waals surface area contributed by atoms with Crippen molar-refractivity contribution in [3.05, 3.63) is 65.2 Å². The Labute approximate surface area is 242 Å². The third-order valence-corrected chi connectivity index (χ3v) is 9.93. The summed E-state index contributed by atoms with van der Waals surface area (Å²) in [5.41, 5.74) is 1.77. The molecule has 0 bridgehead atoms. The topological polar surface area (TPSA) is 50.8 Å². The van der Waals surface area contributed by atoms with Gasteiger partial charge in [0.15, 0.2) is 6.61 Å². The molecular formula is C32H37F5N2O3. The number of ether oxygens (including phenoxy) is 2. The number of alkyl halides is 5. The summed E-state index contributed by atoms with van der Waals surface area (Å²) in [7, 11) is 0. The van der Waals surface area contributed by atoms with Crippen LogP contribution in [-0.4, -0.2) is 61.8 Å². The van der Waals surface area contributed by atoms with Crippen molar-refractivity contribution >= 4 is 5.91 Å².